The highest BCUT2D eigenvalue weighted by Gasteiger charge is 2.16. The summed E-state index contributed by atoms with van der Waals surface area (Å²) in [6, 6.07) is 4.37. The van der Waals surface area contributed by atoms with Crippen LogP contribution in [-0.4, -0.2) is 27.7 Å². The molecular formula is C13H19N5O. The van der Waals surface area contributed by atoms with E-state index in [2.05, 4.69) is 15.4 Å². The lowest BCUT2D eigenvalue weighted by Gasteiger charge is -2.24. The number of pyridine rings is 1. The molecule has 2 aromatic rings. The van der Waals surface area contributed by atoms with Crippen LogP contribution in [0.25, 0.3) is 5.65 Å². The molecule has 0 saturated heterocycles. The Morgan fingerprint density at radius 3 is 2.84 bits per heavy atom. The number of aromatic nitrogens is 3. The van der Waals surface area contributed by atoms with Gasteiger partial charge in [0.25, 0.3) is 0 Å². The van der Waals surface area contributed by atoms with Crippen LogP contribution >= 0.6 is 0 Å². The van der Waals surface area contributed by atoms with Gasteiger partial charge in [-0.3, -0.25) is 0 Å². The number of fused-ring (bicyclic) bond motifs is 1. The molecule has 6 nitrogen and oxygen atoms in total. The minimum Gasteiger partial charge on any atom is -0.493 e. The van der Waals surface area contributed by atoms with Crippen LogP contribution in [0.4, 0.5) is 11.8 Å². The molecule has 1 aliphatic rings. The third-order valence-electron chi connectivity index (χ3n) is 3.64. The highest BCUT2D eigenvalue weighted by molar-refractivity contribution is 5.61. The predicted molar refractivity (Wildman–Crippen MR) is 74.4 cm³/mol. The summed E-state index contributed by atoms with van der Waals surface area (Å²) in [5.41, 5.74) is 6.34. The van der Waals surface area contributed by atoms with Gasteiger partial charge < -0.3 is 15.8 Å². The van der Waals surface area contributed by atoms with Gasteiger partial charge in [0.2, 0.25) is 11.6 Å². The minimum absolute atomic E-state index is 0.260. The SMILES string of the molecule is COc1ccc(NC2CCCCC2)n2nc(N)nc12. The van der Waals surface area contributed by atoms with E-state index < -0.39 is 0 Å². The fraction of sp³-hybridized carbons (Fsp3) is 0.538. The van der Waals surface area contributed by atoms with Gasteiger partial charge in [-0.25, -0.2) is 0 Å². The number of hydrogen-bond acceptors (Lipinski definition) is 5. The van der Waals surface area contributed by atoms with Crippen molar-refractivity contribution >= 4 is 17.4 Å². The molecule has 0 amide bonds. The van der Waals surface area contributed by atoms with Gasteiger partial charge in [-0.1, -0.05) is 19.3 Å². The summed E-state index contributed by atoms with van der Waals surface area (Å²) in [6.07, 6.45) is 6.33. The topological polar surface area (TPSA) is 77.5 Å². The lowest BCUT2D eigenvalue weighted by molar-refractivity contribution is 0.416. The summed E-state index contributed by atoms with van der Waals surface area (Å²) in [5.74, 6) is 1.86. The van der Waals surface area contributed by atoms with Crippen molar-refractivity contribution in [3.05, 3.63) is 12.1 Å². The van der Waals surface area contributed by atoms with Crippen LogP contribution in [0.15, 0.2) is 12.1 Å². The summed E-state index contributed by atoms with van der Waals surface area (Å²) in [4.78, 5) is 4.20. The van der Waals surface area contributed by atoms with Crippen LogP contribution in [-0.2, 0) is 0 Å². The number of nitrogen functional groups attached to an aromatic ring is 1. The van der Waals surface area contributed by atoms with Crippen LogP contribution in [0.1, 0.15) is 32.1 Å². The van der Waals surface area contributed by atoms with Crippen LogP contribution in [0.5, 0.6) is 5.75 Å². The van der Waals surface area contributed by atoms with E-state index in [-0.39, 0.29) is 5.95 Å². The number of ether oxygens (including phenoxy) is 1. The number of nitrogens with zero attached hydrogens (tertiary/aromatic N) is 3. The molecule has 0 aliphatic heterocycles. The molecular weight excluding hydrogens is 242 g/mol. The average Bonchev–Trinajstić information content (AvgIpc) is 2.82. The molecule has 1 fully saturated rings. The lowest BCUT2D eigenvalue weighted by Crippen LogP contribution is -2.23. The standard InChI is InChI=1S/C13H19N5O/c1-19-10-7-8-11(15-9-5-3-2-4-6-9)18-12(10)16-13(14)17-18/h7-9,15H,2-6H2,1H3,(H2,14,17). The fourth-order valence-electron chi connectivity index (χ4n) is 2.68. The van der Waals surface area contributed by atoms with Crippen molar-refractivity contribution in [1.29, 1.82) is 0 Å². The summed E-state index contributed by atoms with van der Waals surface area (Å²) < 4.78 is 7.00. The van der Waals surface area contributed by atoms with Crippen molar-refractivity contribution < 1.29 is 4.74 Å². The number of anilines is 2. The molecule has 102 valence electrons. The molecule has 2 aromatic heterocycles. The van der Waals surface area contributed by atoms with Gasteiger partial charge in [0.05, 0.1) is 7.11 Å². The largest absolute Gasteiger partial charge is 0.493 e. The fourth-order valence-corrected chi connectivity index (χ4v) is 2.68. The minimum atomic E-state index is 0.260. The third-order valence-corrected chi connectivity index (χ3v) is 3.64. The molecule has 0 bridgehead atoms. The van der Waals surface area contributed by atoms with Gasteiger partial charge in [0.15, 0.2) is 5.75 Å². The Hall–Kier alpha value is -1.98. The van der Waals surface area contributed by atoms with Crippen LogP contribution in [0, 0.1) is 0 Å². The Bertz CT molecular complexity index is 574. The first-order chi connectivity index (χ1) is 9.28. The summed E-state index contributed by atoms with van der Waals surface area (Å²) in [5, 5.41) is 7.77. The van der Waals surface area contributed by atoms with Crippen molar-refractivity contribution in [1.82, 2.24) is 14.6 Å². The quantitative estimate of drug-likeness (QED) is 0.884. The average molecular weight is 261 g/mol. The van der Waals surface area contributed by atoms with Gasteiger partial charge in [-0.05, 0) is 25.0 Å². The monoisotopic (exact) mass is 261 g/mol. The molecule has 6 heteroatoms. The molecule has 3 N–H and O–H groups in total. The molecule has 0 unspecified atom stereocenters. The Morgan fingerprint density at radius 2 is 2.11 bits per heavy atom. The van der Waals surface area contributed by atoms with E-state index in [9.17, 15) is 0 Å². The highest BCUT2D eigenvalue weighted by Crippen LogP contribution is 2.26. The summed E-state index contributed by atoms with van der Waals surface area (Å²) in [7, 11) is 1.62. The Kier molecular flexibility index (Phi) is 3.15. The van der Waals surface area contributed by atoms with Crippen molar-refractivity contribution in [3.63, 3.8) is 0 Å². The van der Waals surface area contributed by atoms with Crippen LogP contribution in [0.2, 0.25) is 0 Å². The van der Waals surface area contributed by atoms with Crippen molar-refractivity contribution in [2.45, 2.75) is 38.1 Å². The van der Waals surface area contributed by atoms with E-state index in [0.29, 0.717) is 17.4 Å². The predicted octanol–water partition coefficient (Wildman–Crippen LogP) is 2.06. The first kappa shape index (κ1) is 12.1. The lowest BCUT2D eigenvalue weighted by atomic mass is 9.95. The molecule has 1 saturated carbocycles. The highest BCUT2D eigenvalue weighted by atomic mass is 16.5. The zero-order valence-electron chi connectivity index (χ0n) is 11.1. The second-order valence-corrected chi connectivity index (χ2v) is 4.97. The molecule has 19 heavy (non-hydrogen) atoms. The van der Waals surface area contributed by atoms with Crippen molar-refractivity contribution in [2.24, 2.45) is 0 Å². The zero-order chi connectivity index (χ0) is 13.2. The van der Waals surface area contributed by atoms with E-state index in [1.807, 2.05) is 12.1 Å². The number of rotatable bonds is 3. The van der Waals surface area contributed by atoms with Gasteiger partial charge in [0.1, 0.15) is 5.82 Å². The van der Waals surface area contributed by atoms with Crippen molar-refractivity contribution in [2.75, 3.05) is 18.2 Å². The Balaban J connectivity index is 1.94. The normalized spacial score (nSPS) is 16.7. The Morgan fingerprint density at radius 1 is 1.32 bits per heavy atom. The molecule has 0 spiro atoms. The van der Waals surface area contributed by atoms with Gasteiger partial charge in [-0.2, -0.15) is 9.50 Å². The molecule has 3 rings (SSSR count). The number of nitrogens with two attached hydrogens (primary N) is 1. The maximum Gasteiger partial charge on any atom is 0.240 e. The molecule has 0 aromatic carbocycles. The number of methoxy groups -OCH3 is 1. The number of nitrogens with one attached hydrogen (secondary N) is 1. The summed E-state index contributed by atoms with van der Waals surface area (Å²) in [6.45, 7) is 0. The van der Waals surface area contributed by atoms with Gasteiger partial charge in [0, 0.05) is 6.04 Å². The first-order valence-corrected chi connectivity index (χ1v) is 6.73. The third kappa shape index (κ3) is 2.30. The molecule has 0 radical (unpaired) electrons. The van der Waals surface area contributed by atoms with Gasteiger partial charge >= 0.3 is 0 Å². The van der Waals surface area contributed by atoms with Crippen molar-refractivity contribution in [3.8, 4) is 5.75 Å². The molecule has 1 aliphatic carbocycles. The zero-order valence-corrected chi connectivity index (χ0v) is 11.1. The molecule has 2 heterocycles. The smallest absolute Gasteiger partial charge is 0.240 e. The van der Waals surface area contributed by atoms with E-state index in [0.717, 1.165) is 5.82 Å². The maximum absolute atomic E-state index is 5.69. The molecule has 0 atom stereocenters. The van der Waals surface area contributed by atoms with E-state index in [1.165, 1.54) is 32.1 Å². The summed E-state index contributed by atoms with van der Waals surface area (Å²) >= 11 is 0. The maximum atomic E-state index is 5.69. The van der Waals surface area contributed by atoms with Crippen LogP contribution < -0.4 is 15.8 Å². The van der Waals surface area contributed by atoms with E-state index in [1.54, 1.807) is 11.6 Å². The van der Waals surface area contributed by atoms with Gasteiger partial charge in [-0.15, -0.1) is 5.10 Å². The van der Waals surface area contributed by atoms with E-state index in [4.69, 9.17) is 10.5 Å². The second kappa shape index (κ2) is 4.95. The number of hydrogen-bond donors (Lipinski definition) is 2. The van der Waals surface area contributed by atoms with Crippen LogP contribution in [0.3, 0.4) is 0 Å². The Labute approximate surface area is 112 Å². The second-order valence-electron chi connectivity index (χ2n) is 4.97. The van der Waals surface area contributed by atoms with E-state index >= 15 is 0 Å². The first-order valence-electron chi connectivity index (χ1n) is 6.73.